The monoisotopic (exact) mass is 248 g/mol. The van der Waals surface area contributed by atoms with E-state index in [2.05, 4.69) is 0 Å². The molecule has 0 unspecified atom stereocenters. The Labute approximate surface area is 104 Å². The van der Waals surface area contributed by atoms with Gasteiger partial charge in [0.05, 0.1) is 18.8 Å². The largest absolute Gasteiger partial charge is 0.395 e. The van der Waals surface area contributed by atoms with Crippen LogP contribution in [0.1, 0.15) is 27.7 Å². The van der Waals surface area contributed by atoms with Crippen molar-refractivity contribution in [2.24, 2.45) is 0 Å². The number of ether oxygens (including phenoxy) is 3. The summed E-state index contributed by atoms with van der Waals surface area (Å²) in [5.74, 6) is -2.14. The Morgan fingerprint density at radius 2 is 1.53 bits per heavy atom. The van der Waals surface area contributed by atoms with E-state index in [4.69, 9.17) is 27.2 Å². The van der Waals surface area contributed by atoms with Crippen LogP contribution in [-0.2, 0) is 14.2 Å². The van der Waals surface area contributed by atoms with Crippen LogP contribution in [0.5, 0.6) is 0 Å². The fraction of sp³-hybridized carbons (Fsp3) is 1.00. The van der Waals surface area contributed by atoms with Gasteiger partial charge in [0.1, 0.15) is 21.1 Å². The van der Waals surface area contributed by atoms with Gasteiger partial charge in [0.25, 0.3) is 5.85 Å². The summed E-state index contributed by atoms with van der Waals surface area (Å²) in [4.78, 5) is 0. The van der Waals surface area contributed by atoms with Gasteiger partial charge in [-0.25, -0.2) is 4.39 Å². The van der Waals surface area contributed by atoms with E-state index in [1.54, 1.807) is 27.7 Å². The molecule has 17 heavy (non-hydrogen) atoms. The number of hydrogen-bond acceptors (Lipinski definition) is 4. The van der Waals surface area contributed by atoms with Gasteiger partial charge >= 0.3 is 0 Å². The van der Waals surface area contributed by atoms with E-state index < -0.39 is 18.5 Å². The third kappa shape index (κ3) is 8.54. The number of rotatable bonds is 9. The van der Waals surface area contributed by atoms with Gasteiger partial charge in [-0.3, -0.25) is 0 Å². The molecule has 0 bridgehead atoms. The van der Waals surface area contributed by atoms with Crippen molar-refractivity contribution in [3.63, 3.8) is 0 Å². The molecule has 0 aromatic heterocycles. The first-order chi connectivity index (χ1) is 7.79. The van der Waals surface area contributed by atoms with Crippen LogP contribution >= 0.6 is 0 Å². The van der Waals surface area contributed by atoms with Crippen LogP contribution in [0.2, 0.25) is 0 Å². The van der Waals surface area contributed by atoms with E-state index in [1.165, 1.54) is 0 Å². The molecule has 2 radical (unpaired) electrons. The highest BCUT2D eigenvalue weighted by Gasteiger charge is 2.34. The summed E-state index contributed by atoms with van der Waals surface area (Å²) in [6.45, 7) is 6.11. The van der Waals surface area contributed by atoms with Crippen molar-refractivity contribution in [1.82, 2.24) is 0 Å². The Bertz CT molecular complexity index is 190. The maximum Gasteiger partial charge on any atom is 0.255 e. The predicted octanol–water partition coefficient (Wildman–Crippen LogP) is 1.01. The maximum atomic E-state index is 14.3. The Morgan fingerprint density at radius 3 is 1.82 bits per heavy atom. The van der Waals surface area contributed by atoms with Gasteiger partial charge in [-0.2, -0.15) is 0 Å². The van der Waals surface area contributed by atoms with Crippen LogP contribution in [-0.4, -0.2) is 56.8 Å². The van der Waals surface area contributed by atoms with Gasteiger partial charge < -0.3 is 19.3 Å². The standard InChI is InChI=1S/C11H22BFO4/c1-8(2)15-6-11(13,7-16-9(3)4)17-10(12)5-14/h8-10,14H,5-7H2,1-4H3/t10-/m1/s1. The van der Waals surface area contributed by atoms with Crippen LogP contribution in [0, 0.1) is 0 Å². The normalized spacial score (nSPS) is 14.6. The Kier molecular flexibility index (Phi) is 7.95. The smallest absolute Gasteiger partial charge is 0.255 e. The number of halogens is 1. The van der Waals surface area contributed by atoms with Crippen molar-refractivity contribution in [2.45, 2.75) is 51.8 Å². The molecule has 0 rings (SSSR count). The quantitative estimate of drug-likeness (QED) is 0.618. The first-order valence-electron chi connectivity index (χ1n) is 5.75. The summed E-state index contributed by atoms with van der Waals surface area (Å²) >= 11 is 0. The lowest BCUT2D eigenvalue weighted by Gasteiger charge is -2.29. The van der Waals surface area contributed by atoms with Crippen molar-refractivity contribution in [3.8, 4) is 0 Å². The van der Waals surface area contributed by atoms with Gasteiger partial charge in [0, 0.05) is 6.00 Å². The Hall–Kier alpha value is -0.165. The first kappa shape index (κ1) is 16.8. The van der Waals surface area contributed by atoms with Gasteiger partial charge in [0.15, 0.2) is 0 Å². The zero-order chi connectivity index (χ0) is 13.5. The van der Waals surface area contributed by atoms with E-state index >= 15 is 0 Å². The summed E-state index contributed by atoms with van der Waals surface area (Å²) in [7, 11) is 5.35. The second-order valence-corrected chi connectivity index (χ2v) is 4.44. The molecule has 0 saturated carbocycles. The molecular formula is C11H22BFO4. The molecule has 100 valence electrons. The lowest BCUT2D eigenvalue weighted by Crippen LogP contribution is -2.43. The van der Waals surface area contributed by atoms with Crippen molar-refractivity contribution in [2.75, 3.05) is 19.8 Å². The maximum absolute atomic E-state index is 14.3. The highest BCUT2D eigenvalue weighted by atomic mass is 19.2. The van der Waals surface area contributed by atoms with Crippen molar-refractivity contribution in [3.05, 3.63) is 0 Å². The number of aliphatic hydroxyl groups is 1. The SMILES string of the molecule is [B][C@@H](CO)OC(F)(COC(C)C)COC(C)C. The van der Waals surface area contributed by atoms with Crippen molar-refractivity contribution < 1.29 is 23.7 Å². The van der Waals surface area contributed by atoms with Crippen LogP contribution in [0.4, 0.5) is 4.39 Å². The van der Waals surface area contributed by atoms with E-state index in [9.17, 15) is 4.39 Å². The highest BCUT2D eigenvalue weighted by Crippen LogP contribution is 2.18. The van der Waals surface area contributed by atoms with Gasteiger partial charge in [0.2, 0.25) is 0 Å². The average molecular weight is 248 g/mol. The molecule has 0 aliphatic carbocycles. The fourth-order valence-electron chi connectivity index (χ4n) is 1.00. The lowest BCUT2D eigenvalue weighted by molar-refractivity contribution is -0.232. The number of alkyl halides is 1. The molecule has 0 saturated heterocycles. The minimum atomic E-state index is -2.14. The molecule has 0 aromatic rings. The second-order valence-electron chi connectivity index (χ2n) is 4.44. The molecule has 0 amide bonds. The predicted molar refractivity (Wildman–Crippen MR) is 63.7 cm³/mol. The zero-order valence-corrected chi connectivity index (χ0v) is 11.0. The fourth-order valence-corrected chi connectivity index (χ4v) is 1.00. The third-order valence-electron chi connectivity index (χ3n) is 1.81. The molecule has 6 heteroatoms. The Balaban J connectivity index is 4.33. The van der Waals surface area contributed by atoms with E-state index in [0.717, 1.165) is 0 Å². The molecule has 0 aliphatic rings. The van der Waals surface area contributed by atoms with E-state index in [1.807, 2.05) is 0 Å². The molecule has 0 heterocycles. The Morgan fingerprint density at radius 1 is 1.12 bits per heavy atom. The molecule has 4 nitrogen and oxygen atoms in total. The van der Waals surface area contributed by atoms with Gasteiger partial charge in [-0.1, -0.05) is 0 Å². The van der Waals surface area contributed by atoms with Crippen LogP contribution in [0.25, 0.3) is 0 Å². The zero-order valence-electron chi connectivity index (χ0n) is 11.0. The molecule has 0 aromatic carbocycles. The van der Waals surface area contributed by atoms with Gasteiger partial charge in [-0.05, 0) is 27.7 Å². The highest BCUT2D eigenvalue weighted by molar-refractivity contribution is 6.11. The van der Waals surface area contributed by atoms with Crippen LogP contribution in [0.3, 0.4) is 0 Å². The summed E-state index contributed by atoms with van der Waals surface area (Å²) in [5.41, 5.74) is 0. The molecule has 0 fully saturated rings. The molecule has 1 N–H and O–H groups in total. The second kappa shape index (κ2) is 8.03. The molecular weight excluding hydrogens is 226 g/mol. The van der Waals surface area contributed by atoms with Gasteiger partial charge in [-0.15, -0.1) is 0 Å². The summed E-state index contributed by atoms with van der Waals surface area (Å²) < 4.78 is 29.5. The summed E-state index contributed by atoms with van der Waals surface area (Å²) in [5, 5.41) is 8.75. The van der Waals surface area contributed by atoms with Crippen molar-refractivity contribution >= 4 is 7.85 Å². The van der Waals surface area contributed by atoms with Crippen LogP contribution < -0.4 is 0 Å². The third-order valence-corrected chi connectivity index (χ3v) is 1.81. The number of aliphatic hydroxyl groups excluding tert-OH is 1. The summed E-state index contributed by atoms with van der Waals surface area (Å²) in [6, 6.07) is -1.09. The molecule has 0 aliphatic heterocycles. The lowest BCUT2D eigenvalue weighted by atomic mass is 10.0. The average Bonchev–Trinajstić information content (AvgIpc) is 2.24. The van der Waals surface area contributed by atoms with E-state index in [-0.39, 0.29) is 25.4 Å². The molecule has 1 atom stereocenters. The van der Waals surface area contributed by atoms with E-state index in [0.29, 0.717) is 0 Å². The minimum Gasteiger partial charge on any atom is -0.395 e. The summed E-state index contributed by atoms with van der Waals surface area (Å²) in [6.07, 6.45) is -0.253. The van der Waals surface area contributed by atoms with Crippen molar-refractivity contribution in [1.29, 1.82) is 0 Å². The van der Waals surface area contributed by atoms with Crippen LogP contribution in [0.15, 0.2) is 0 Å². The first-order valence-corrected chi connectivity index (χ1v) is 5.75. The molecule has 0 spiro atoms. The topological polar surface area (TPSA) is 47.9 Å². The minimum absolute atomic E-state index is 0.127. The number of hydrogen-bond donors (Lipinski definition) is 1.